The van der Waals surface area contributed by atoms with E-state index in [0.717, 1.165) is 25.3 Å². The number of benzene rings is 1. The first kappa shape index (κ1) is 12.0. The fraction of sp³-hybridized carbons (Fsp3) is 0.500. The number of hydrogen-bond donors (Lipinski definition) is 2. The van der Waals surface area contributed by atoms with Crippen molar-refractivity contribution < 1.29 is 4.74 Å². The number of ether oxygens (including phenoxy) is 1. The van der Waals surface area contributed by atoms with E-state index in [1.165, 1.54) is 5.56 Å². The molecular weight excluding hydrogens is 188 g/mol. The predicted octanol–water partition coefficient (Wildman–Crippen LogP) is 1.52. The monoisotopic (exact) mass is 208 g/mol. The molecule has 3 nitrogen and oxygen atoms in total. The molecule has 1 aromatic carbocycles. The van der Waals surface area contributed by atoms with Gasteiger partial charge < -0.3 is 15.8 Å². The van der Waals surface area contributed by atoms with E-state index in [0.29, 0.717) is 6.04 Å². The fourth-order valence-electron chi connectivity index (χ4n) is 1.49. The molecule has 15 heavy (non-hydrogen) atoms. The van der Waals surface area contributed by atoms with E-state index in [2.05, 4.69) is 18.3 Å². The van der Waals surface area contributed by atoms with Gasteiger partial charge in [-0.3, -0.25) is 0 Å². The van der Waals surface area contributed by atoms with Gasteiger partial charge >= 0.3 is 0 Å². The molecule has 1 unspecified atom stereocenters. The highest BCUT2D eigenvalue weighted by Gasteiger charge is 2.03. The third-order valence-corrected chi connectivity index (χ3v) is 2.43. The van der Waals surface area contributed by atoms with E-state index in [4.69, 9.17) is 10.5 Å². The van der Waals surface area contributed by atoms with Crippen LogP contribution in [0.25, 0.3) is 0 Å². The van der Waals surface area contributed by atoms with Crippen molar-refractivity contribution >= 4 is 0 Å². The van der Waals surface area contributed by atoms with Crippen LogP contribution in [0.5, 0.6) is 5.75 Å². The van der Waals surface area contributed by atoms with Crippen molar-refractivity contribution in [1.29, 1.82) is 0 Å². The maximum atomic E-state index is 5.49. The zero-order valence-electron chi connectivity index (χ0n) is 9.49. The molecule has 3 N–H and O–H groups in total. The second kappa shape index (κ2) is 6.43. The van der Waals surface area contributed by atoms with Crippen LogP contribution in [-0.2, 0) is 6.54 Å². The molecule has 0 aliphatic rings. The molecule has 0 aliphatic heterocycles. The quantitative estimate of drug-likeness (QED) is 0.745. The average molecular weight is 208 g/mol. The number of hydrogen-bond acceptors (Lipinski definition) is 3. The van der Waals surface area contributed by atoms with Crippen LogP contribution in [0.15, 0.2) is 24.3 Å². The van der Waals surface area contributed by atoms with Crippen LogP contribution in [0.4, 0.5) is 0 Å². The molecule has 0 saturated heterocycles. The highest BCUT2D eigenvalue weighted by molar-refractivity contribution is 5.32. The second-order valence-corrected chi connectivity index (χ2v) is 3.67. The van der Waals surface area contributed by atoms with E-state index in [-0.39, 0.29) is 0 Å². The maximum absolute atomic E-state index is 5.49. The van der Waals surface area contributed by atoms with Crippen molar-refractivity contribution in [2.45, 2.75) is 25.9 Å². The molecule has 0 aliphatic carbocycles. The minimum absolute atomic E-state index is 0.444. The molecule has 0 heterocycles. The van der Waals surface area contributed by atoms with Crippen molar-refractivity contribution in [3.05, 3.63) is 29.8 Å². The molecule has 0 saturated carbocycles. The van der Waals surface area contributed by atoms with Crippen LogP contribution >= 0.6 is 0 Å². The van der Waals surface area contributed by atoms with Crippen molar-refractivity contribution in [2.75, 3.05) is 13.7 Å². The van der Waals surface area contributed by atoms with Crippen LogP contribution in [0.2, 0.25) is 0 Å². The van der Waals surface area contributed by atoms with E-state index in [1.54, 1.807) is 7.11 Å². The topological polar surface area (TPSA) is 47.3 Å². The molecule has 84 valence electrons. The number of methoxy groups -OCH3 is 1. The summed E-state index contributed by atoms with van der Waals surface area (Å²) in [6.07, 6.45) is 0.995. The van der Waals surface area contributed by atoms with Gasteiger partial charge in [0.05, 0.1) is 7.11 Å². The fourth-order valence-corrected chi connectivity index (χ4v) is 1.49. The SMILES string of the molecule is COc1ccccc1CNC(C)CCN. The predicted molar refractivity (Wildman–Crippen MR) is 63.0 cm³/mol. The van der Waals surface area contributed by atoms with Gasteiger partial charge in [-0.25, -0.2) is 0 Å². The lowest BCUT2D eigenvalue weighted by atomic mass is 10.1. The Labute approximate surface area is 91.6 Å². The van der Waals surface area contributed by atoms with Gasteiger partial charge in [0.1, 0.15) is 5.75 Å². The molecule has 0 fully saturated rings. The summed E-state index contributed by atoms with van der Waals surface area (Å²) < 4.78 is 5.27. The standard InChI is InChI=1S/C12H20N2O/c1-10(7-8-13)14-9-11-5-3-4-6-12(11)15-2/h3-6,10,14H,7-9,13H2,1-2H3. The second-order valence-electron chi connectivity index (χ2n) is 3.67. The molecule has 1 rings (SSSR count). The highest BCUT2D eigenvalue weighted by atomic mass is 16.5. The third kappa shape index (κ3) is 3.90. The molecule has 0 amide bonds. The van der Waals surface area contributed by atoms with E-state index in [9.17, 15) is 0 Å². The lowest BCUT2D eigenvalue weighted by Gasteiger charge is -2.14. The summed E-state index contributed by atoms with van der Waals surface area (Å²) >= 11 is 0. The Morgan fingerprint density at radius 2 is 2.13 bits per heavy atom. The summed E-state index contributed by atoms with van der Waals surface area (Å²) in [6, 6.07) is 8.49. The molecule has 1 aromatic rings. The molecule has 0 bridgehead atoms. The zero-order valence-corrected chi connectivity index (χ0v) is 9.49. The summed E-state index contributed by atoms with van der Waals surface area (Å²) in [5, 5.41) is 3.41. The Hall–Kier alpha value is -1.06. The molecular formula is C12H20N2O. The number of rotatable bonds is 6. The lowest BCUT2D eigenvalue weighted by Crippen LogP contribution is -2.27. The van der Waals surface area contributed by atoms with Crippen LogP contribution in [-0.4, -0.2) is 19.7 Å². The van der Waals surface area contributed by atoms with Gasteiger partial charge in [0.25, 0.3) is 0 Å². The van der Waals surface area contributed by atoms with Crippen LogP contribution in [0.1, 0.15) is 18.9 Å². The van der Waals surface area contributed by atoms with Crippen molar-refractivity contribution in [1.82, 2.24) is 5.32 Å². The smallest absolute Gasteiger partial charge is 0.123 e. The molecule has 0 radical (unpaired) electrons. The first-order valence-electron chi connectivity index (χ1n) is 5.33. The summed E-state index contributed by atoms with van der Waals surface area (Å²) in [6.45, 7) is 3.69. The summed E-state index contributed by atoms with van der Waals surface area (Å²) in [4.78, 5) is 0. The molecule has 3 heteroatoms. The van der Waals surface area contributed by atoms with Gasteiger partial charge in [0.15, 0.2) is 0 Å². The number of nitrogens with one attached hydrogen (secondary N) is 1. The van der Waals surface area contributed by atoms with Crippen LogP contribution < -0.4 is 15.8 Å². The minimum atomic E-state index is 0.444. The van der Waals surface area contributed by atoms with Crippen LogP contribution in [0, 0.1) is 0 Å². The van der Waals surface area contributed by atoms with Crippen molar-refractivity contribution in [3.63, 3.8) is 0 Å². The first-order chi connectivity index (χ1) is 7.27. The van der Waals surface area contributed by atoms with Gasteiger partial charge in [0, 0.05) is 18.2 Å². The van der Waals surface area contributed by atoms with Gasteiger partial charge in [-0.05, 0) is 26.0 Å². The lowest BCUT2D eigenvalue weighted by molar-refractivity contribution is 0.405. The normalized spacial score (nSPS) is 12.5. The Morgan fingerprint density at radius 3 is 2.80 bits per heavy atom. The van der Waals surface area contributed by atoms with Gasteiger partial charge in [-0.15, -0.1) is 0 Å². The Balaban J connectivity index is 2.49. The van der Waals surface area contributed by atoms with Crippen LogP contribution in [0.3, 0.4) is 0 Å². The average Bonchev–Trinajstić information content (AvgIpc) is 2.27. The molecule has 0 aromatic heterocycles. The Morgan fingerprint density at radius 1 is 1.40 bits per heavy atom. The maximum Gasteiger partial charge on any atom is 0.123 e. The van der Waals surface area contributed by atoms with Gasteiger partial charge in [-0.1, -0.05) is 18.2 Å². The van der Waals surface area contributed by atoms with Crippen molar-refractivity contribution in [2.24, 2.45) is 5.73 Å². The summed E-state index contributed by atoms with van der Waals surface area (Å²) in [5.41, 5.74) is 6.67. The Bertz CT molecular complexity index is 289. The summed E-state index contributed by atoms with van der Waals surface area (Å²) in [7, 11) is 1.70. The molecule has 1 atom stereocenters. The summed E-state index contributed by atoms with van der Waals surface area (Å²) in [5.74, 6) is 0.935. The van der Waals surface area contributed by atoms with E-state index >= 15 is 0 Å². The zero-order chi connectivity index (χ0) is 11.1. The van der Waals surface area contributed by atoms with Gasteiger partial charge in [-0.2, -0.15) is 0 Å². The van der Waals surface area contributed by atoms with Crippen molar-refractivity contribution in [3.8, 4) is 5.75 Å². The highest BCUT2D eigenvalue weighted by Crippen LogP contribution is 2.16. The largest absolute Gasteiger partial charge is 0.496 e. The number of nitrogens with two attached hydrogens (primary N) is 1. The Kier molecular flexibility index (Phi) is 5.15. The minimum Gasteiger partial charge on any atom is -0.496 e. The number of para-hydroxylation sites is 1. The third-order valence-electron chi connectivity index (χ3n) is 2.43. The van der Waals surface area contributed by atoms with Gasteiger partial charge in [0.2, 0.25) is 0 Å². The molecule has 0 spiro atoms. The first-order valence-corrected chi connectivity index (χ1v) is 5.33. The van der Waals surface area contributed by atoms with E-state index in [1.807, 2.05) is 18.2 Å². The van der Waals surface area contributed by atoms with E-state index < -0.39 is 0 Å².